The molecule has 160 valence electrons. The Labute approximate surface area is 193 Å². The summed E-state index contributed by atoms with van der Waals surface area (Å²) in [6.07, 6.45) is 1.85. The van der Waals surface area contributed by atoms with Crippen LogP contribution in [0, 0.1) is 0 Å². The molecule has 0 fully saturated rings. The zero-order valence-corrected chi connectivity index (χ0v) is 18.3. The van der Waals surface area contributed by atoms with Gasteiger partial charge in [-0.3, -0.25) is 0 Å². The van der Waals surface area contributed by atoms with Crippen LogP contribution < -0.4 is 4.90 Å². The van der Waals surface area contributed by atoms with Gasteiger partial charge in [-0.05, 0) is 28.8 Å². The summed E-state index contributed by atoms with van der Waals surface area (Å²) in [7, 11) is 0. The first kappa shape index (κ1) is 20.6. The number of fused-ring (bicyclic) bond motifs is 1. The summed E-state index contributed by atoms with van der Waals surface area (Å²) in [5, 5.41) is 0. The Bertz CT molecular complexity index is 1310. The molecule has 0 aliphatic carbocycles. The van der Waals surface area contributed by atoms with Crippen molar-refractivity contribution >= 4 is 28.9 Å². The smallest absolute Gasteiger partial charge is 0.196 e. The van der Waals surface area contributed by atoms with Crippen molar-refractivity contribution in [2.24, 2.45) is 4.99 Å². The van der Waals surface area contributed by atoms with Crippen molar-refractivity contribution < 1.29 is 0 Å². The highest BCUT2D eigenvalue weighted by atomic mass is 15.2. The number of hydrogen-bond donors (Lipinski definition) is 0. The van der Waals surface area contributed by atoms with Gasteiger partial charge in [0, 0.05) is 19.3 Å². The molecule has 0 saturated carbocycles. The van der Waals surface area contributed by atoms with Crippen LogP contribution in [-0.4, -0.2) is 16.2 Å². The third-order valence-corrected chi connectivity index (χ3v) is 5.40. The first-order chi connectivity index (χ1) is 16.3. The molecule has 0 N–H and O–H groups in total. The van der Waals surface area contributed by atoms with Crippen molar-refractivity contribution in [3.63, 3.8) is 0 Å². The maximum absolute atomic E-state index is 5.03. The molecule has 0 atom stereocenters. The molecular formula is C29H24N4. The van der Waals surface area contributed by atoms with E-state index in [1.807, 2.05) is 72.9 Å². The minimum atomic E-state index is 0.615. The standard InChI is InChI=1S/C29H24N4/c1-4-12-23(13-5-1)20-30-28-29(32-27-19-11-10-18-26(27)31-28)33(21-24-14-6-2-7-15-24)22-25-16-8-3-9-17-25/h1-20H,21-22H2. The van der Waals surface area contributed by atoms with Crippen LogP contribution >= 0.6 is 0 Å². The summed E-state index contributed by atoms with van der Waals surface area (Å²) in [6.45, 7) is 1.41. The first-order valence-corrected chi connectivity index (χ1v) is 11.0. The maximum atomic E-state index is 5.03. The van der Waals surface area contributed by atoms with E-state index >= 15 is 0 Å². The van der Waals surface area contributed by atoms with E-state index in [9.17, 15) is 0 Å². The number of para-hydroxylation sites is 2. The third kappa shape index (κ3) is 5.13. The van der Waals surface area contributed by atoms with Gasteiger partial charge in [-0.1, -0.05) is 103 Å². The van der Waals surface area contributed by atoms with E-state index in [2.05, 4.69) is 53.4 Å². The van der Waals surface area contributed by atoms with Crippen LogP contribution in [0.25, 0.3) is 11.0 Å². The maximum Gasteiger partial charge on any atom is 0.196 e. The molecule has 0 aliphatic heterocycles. The Kier molecular flexibility index (Phi) is 6.16. The van der Waals surface area contributed by atoms with E-state index in [-0.39, 0.29) is 0 Å². The van der Waals surface area contributed by atoms with Crippen molar-refractivity contribution in [2.75, 3.05) is 4.90 Å². The van der Waals surface area contributed by atoms with E-state index < -0.39 is 0 Å². The molecule has 5 aromatic rings. The highest BCUT2D eigenvalue weighted by Gasteiger charge is 2.17. The van der Waals surface area contributed by atoms with Gasteiger partial charge in [0.2, 0.25) is 0 Å². The zero-order valence-electron chi connectivity index (χ0n) is 18.3. The van der Waals surface area contributed by atoms with E-state index in [0.717, 1.165) is 22.4 Å². The Morgan fingerprint density at radius 2 is 1.06 bits per heavy atom. The highest BCUT2D eigenvalue weighted by molar-refractivity contribution is 5.85. The van der Waals surface area contributed by atoms with E-state index in [1.165, 1.54) is 11.1 Å². The monoisotopic (exact) mass is 428 g/mol. The molecule has 4 nitrogen and oxygen atoms in total. The topological polar surface area (TPSA) is 41.4 Å². The Balaban J connectivity index is 1.61. The molecule has 4 heteroatoms. The average molecular weight is 429 g/mol. The number of nitrogens with zero attached hydrogens (tertiary/aromatic N) is 4. The van der Waals surface area contributed by atoms with Crippen molar-refractivity contribution in [3.05, 3.63) is 132 Å². The number of benzene rings is 4. The van der Waals surface area contributed by atoms with Crippen LogP contribution in [0.2, 0.25) is 0 Å². The molecular weight excluding hydrogens is 404 g/mol. The molecule has 5 rings (SSSR count). The van der Waals surface area contributed by atoms with E-state index in [0.29, 0.717) is 18.9 Å². The van der Waals surface area contributed by atoms with Gasteiger partial charge in [0.15, 0.2) is 11.6 Å². The van der Waals surface area contributed by atoms with Crippen LogP contribution in [0.1, 0.15) is 16.7 Å². The summed E-state index contributed by atoms with van der Waals surface area (Å²) in [5.74, 6) is 1.39. The number of aromatic nitrogens is 2. The highest BCUT2D eigenvalue weighted by Crippen LogP contribution is 2.30. The molecule has 0 spiro atoms. The van der Waals surface area contributed by atoms with Crippen LogP contribution in [-0.2, 0) is 13.1 Å². The molecule has 0 amide bonds. The van der Waals surface area contributed by atoms with Gasteiger partial charge < -0.3 is 4.90 Å². The molecule has 0 saturated heterocycles. The minimum Gasteiger partial charge on any atom is -0.345 e. The lowest BCUT2D eigenvalue weighted by molar-refractivity contribution is 0.784. The summed E-state index contributed by atoms with van der Waals surface area (Å²) in [6, 6.07) is 38.9. The second kappa shape index (κ2) is 9.88. The summed E-state index contributed by atoms with van der Waals surface area (Å²) in [5.41, 5.74) is 5.14. The quantitative estimate of drug-likeness (QED) is 0.275. The molecule has 0 unspecified atom stereocenters. The van der Waals surface area contributed by atoms with Gasteiger partial charge in [0.05, 0.1) is 11.0 Å². The summed E-state index contributed by atoms with van der Waals surface area (Å²) in [4.78, 5) is 17.0. The first-order valence-electron chi connectivity index (χ1n) is 11.0. The molecule has 0 bridgehead atoms. The summed E-state index contributed by atoms with van der Waals surface area (Å²) >= 11 is 0. The average Bonchev–Trinajstić information content (AvgIpc) is 2.88. The fourth-order valence-corrected chi connectivity index (χ4v) is 3.77. The SMILES string of the molecule is C(=Nc1nc2ccccc2nc1N(Cc1ccccc1)Cc1ccccc1)c1ccccc1. The minimum absolute atomic E-state index is 0.615. The van der Waals surface area contributed by atoms with Gasteiger partial charge in [0.25, 0.3) is 0 Å². The number of anilines is 1. The van der Waals surface area contributed by atoms with E-state index in [4.69, 9.17) is 15.0 Å². The van der Waals surface area contributed by atoms with E-state index in [1.54, 1.807) is 0 Å². The van der Waals surface area contributed by atoms with Crippen molar-refractivity contribution in [1.29, 1.82) is 0 Å². The Morgan fingerprint density at radius 3 is 1.64 bits per heavy atom. The van der Waals surface area contributed by atoms with Gasteiger partial charge in [-0.25, -0.2) is 15.0 Å². The number of rotatable bonds is 7. The molecule has 1 aromatic heterocycles. The Hall–Kier alpha value is -4.31. The lowest BCUT2D eigenvalue weighted by Gasteiger charge is -2.25. The van der Waals surface area contributed by atoms with Crippen LogP contribution in [0.5, 0.6) is 0 Å². The molecule has 4 aromatic carbocycles. The van der Waals surface area contributed by atoms with Crippen LogP contribution in [0.3, 0.4) is 0 Å². The fourth-order valence-electron chi connectivity index (χ4n) is 3.77. The predicted molar refractivity (Wildman–Crippen MR) is 136 cm³/mol. The number of aliphatic imine (C=N–C) groups is 1. The molecule has 1 heterocycles. The normalized spacial score (nSPS) is 11.2. The number of hydrogen-bond acceptors (Lipinski definition) is 4. The summed E-state index contributed by atoms with van der Waals surface area (Å²) < 4.78 is 0. The second-order valence-corrected chi connectivity index (χ2v) is 7.86. The van der Waals surface area contributed by atoms with Gasteiger partial charge in [0.1, 0.15) is 0 Å². The molecule has 33 heavy (non-hydrogen) atoms. The van der Waals surface area contributed by atoms with Gasteiger partial charge in [-0.15, -0.1) is 0 Å². The van der Waals surface area contributed by atoms with Crippen molar-refractivity contribution in [2.45, 2.75) is 13.1 Å². The van der Waals surface area contributed by atoms with Crippen molar-refractivity contribution in [3.8, 4) is 0 Å². The predicted octanol–water partition coefficient (Wildman–Crippen LogP) is 6.59. The van der Waals surface area contributed by atoms with Crippen LogP contribution in [0.15, 0.2) is 120 Å². The van der Waals surface area contributed by atoms with Crippen molar-refractivity contribution in [1.82, 2.24) is 9.97 Å². The molecule has 0 aliphatic rings. The largest absolute Gasteiger partial charge is 0.345 e. The Morgan fingerprint density at radius 1 is 0.576 bits per heavy atom. The van der Waals surface area contributed by atoms with Gasteiger partial charge >= 0.3 is 0 Å². The zero-order chi connectivity index (χ0) is 22.3. The lowest BCUT2D eigenvalue weighted by atomic mass is 10.1. The van der Waals surface area contributed by atoms with Crippen LogP contribution in [0.4, 0.5) is 11.6 Å². The lowest BCUT2D eigenvalue weighted by Crippen LogP contribution is -2.23. The molecule has 0 radical (unpaired) electrons. The fraction of sp³-hybridized carbons (Fsp3) is 0.0690. The second-order valence-electron chi connectivity index (χ2n) is 7.86. The third-order valence-electron chi connectivity index (χ3n) is 5.40. The van der Waals surface area contributed by atoms with Gasteiger partial charge in [-0.2, -0.15) is 0 Å².